The molecule has 0 bridgehead atoms. The zero-order valence-corrected chi connectivity index (χ0v) is 13.1. The van der Waals surface area contributed by atoms with E-state index >= 15 is 0 Å². The molecule has 0 amide bonds. The first-order valence-electron chi connectivity index (χ1n) is 7.36. The number of hydrogen-bond acceptors (Lipinski definition) is 2. The molecule has 1 aromatic carbocycles. The van der Waals surface area contributed by atoms with Crippen LogP contribution in [0.1, 0.15) is 46.5 Å². The quantitative estimate of drug-likeness (QED) is 0.649. The van der Waals surface area contributed by atoms with Crippen LogP contribution in [0.5, 0.6) is 0 Å². The molecule has 1 nitrogen and oxygen atoms in total. The highest BCUT2D eigenvalue weighted by Crippen LogP contribution is 2.29. The molecule has 0 aliphatic rings. The standard InChI is InChI=1S/C16H26FNS/c1-4-7-15(18-12-5-2)16(6-3)19-14-10-8-13(17)9-11-14/h8-11,15-16,18H,4-7,12H2,1-3H3. The van der Waals surface area contributed by atoms with Gasteiger partial charge in [0.1, 0.15) is 5.82 Å². The van der Waals surface area contributed by atoms with Crippen molar-refractivity contribution in [2.75, 3.05) is 6.54 Å². The second kappa shape index (κ2) is 9.38. The van der Waals surface area contributed by atoms with Crippen molar-refractivity contribution in [1.29, 1.82) is 0 Å². The largest absolute Gasteiger partial charge is 0.313 e. The predicted octanol–water partition coefficient (Wildman–Crippen LogP) is 4.86. The van der Waals surface area contributed by atoms with Crippen molar-refractivity contribution >= 4 is 11.8 Å². The number of rotatable bonds is 9. The van der Waals surface area contributed by atoms with Crippen molar-refractivity contribution in [3.63, 3.8) is 0 Å². The van der Waals surface area contributed by atoms with Crippen LogP contribution in [0.4, 0.5) is 4.39 Å². The third-order valence-electron chi connectivity index (χ3n) is 3.21. The Hall–Kier alpha value is -0.540. The number of hydrogen-bond donors (Lipinski definition) is 1. The molecule has 1 N–H and O–H groups in total. The minimum atomic E-state index is -0.161. The van der Waals surface area contributed by atoms with Crippen LogP contribution >= 0.6 is 11.8 Å². The first-order chi connectivity index (χ1) is 9.21. The molecule has 0 saturated carbocycles. The smallest absolute Gasteiger partial charge is 0.123 e. The fourth-order valence-corrected chi connectivity index (χ4v) is 3.40. The van der Waals surface area contributed by atoms with Gasteiger partial charge in [0.15, 0.2) is 0 Å². The van der Waals surface area contributed by atoms with Gasteiger partial charge in [0.2, 0.25) is 0 Å². The van der Waals surface area contributed by atoms with E-state index in [0.29, 0.717) is 11.3 Å². The van der Waals surface area contributed by atoms with Crippen LogP contribution < -0.4 is 5.32 Å². The van der Waals surface area contributed by atoms with Gasteiger partial charge < -0.3 is 5.32 Å². The van der Waals surface area contributed by atoms with Gasteiger partial charge in [-0.1, -0.05) is 27.2 Å². The third-order valence-corrected chi connectivity index (χ3v) is 4.72. The highest BCUT2D eigenvalue weighted by molar-refractivity contribution is 8.00. The number of benzene rings is 1. The summed E-state index contributed by atoms with van der Waals surface area (Å²) in [5.74, 6) is -0.161. The van der Waals surface area contributed by atoms with E-state index in [1.807, 2.05) is 23.9 Å². The van der Waals surface area contributed by atoms with Crippen LogP contribution in [-0.4, -0.2) is 17.8 Å². The molecule has 0 saturated heterocycles. The summed E-state index contributed by atoms with van der Waals surface area (Å²) in [5.41, 5.74) is 0. The van der Waals surface area contributed by atoms with Crippen LogP contribution in [0.15, 0.2) is 29.2 Å². The van der Waals surface area contributed by atoms with E-state index in [1.54, 1.807) is 12.1 Å². The molecule has 108 valence electrons. The summed E-state index contributed by atoms with van der Waals surface area (Å²) in [7, 11) is 0. The molecule has 1 aromatic rings. The predicted molar refractivity (Wildman–Crippen MR) is 83.3 cm³/mol. The Labute approximate surface area is 121 Å². The van der Waals surface area contributed by atoms with E-state index in [1.165, 1.54) is 12.8 Å². The second-order valence-electron chi connectivity index (χ2n) is 4.87. The molecule has 0 fully saturated rings. The Bertz CT molecular complexity index is 339. The average Bonchev–Trinajstić information content (AvgIpc) is 2.43. The molecule has 0 aliphatic carbocycles. The molecular weight excluding hydrogens is 257 g/mol. The van der Waals surface area contributed by atoms with Crippen molar-refractivity contribution in [1.82, 2.24) is 5.32 Å². The van der Waals surface area contributed by atoms with Crippen molar-refractivity contribution in [3.8, 4) is 0 Å². The lowest BCUT2D eigenvalue weighted by atomic mass is 10.1. The van der Waals surface area contributed by atoms with Crippen LogP contribution in [-0.2, 0) is 0 Å². The molecule has 1 rings (SSSR count). The molecule has 0 aliphatic heterocycles. The van der Waals surface area contributed by atoms with Crippen molar-refractivity contribution in [3.05, 3.63) is 30.1 Å². The van der Waals surface area contributed by atoms with Gasteiger partial charge in [0.05, 0.1) is 0 Å². The first-order valence-corrected chi connectivity index (χ1v) is 8.24. The van der Waals surface area contributed by atoms with Crippen molar-refractivity contribution in [2.45, 2.75) is 62.6 Å². The van der Waals surface area contributed by atoms with E-state index in [2.05, 4.69) is 26.1 Å². The molecule has 3 heteroatoms. The van der Waals surface area contributed by atoms with Gasteiger partial charge in [0.25, 0.3) is 0 Å². The number of halogens is 1. The SMILES string of the molecule is CCCNC(CCC)C(CC)Sc1ccc(F)cc1. The maximum atomic E-state index is 12.9. The third kappa shape index (κ3) is 5.96. The van der Waals surface area contributed by atoms with Gasteiger partial charge in [-0.25, -0.2) is 4.39 Å². The molecule has 2 atom stereocenters. The highest BCUT2D eigenvalue weighted by Gasteiger charge is 2.19. The normalized spacial score (nSPS) is 14.3. The minimum Gasteiger partial charge on any atom is -0.313 e. The van der Waals surface area contributed by atoms with Crippen LogP contribution in [0, 0.1) is 5.82 Å². The zero-order chi connectivity index (χ0) is 14.1. The van der Waals surface area contributed by atoms with E-state index in [9.17, 15) is 4.39 Å². The van der Waals surface area contributed by atoms with E-state index in [-0.39, 0.29) is 5.82 Å². The maximum absolute atomic E-state index is 12.9. The monoisotopic (exact) mass is 283 g/mol. The van der Waals surface area contributed by atoms with Crippen LogP contribution in [0.2, 0.25) is 0 Å². The molecule has 0 radical (unpaired) electrons. The van der Waals surface area contributed by atoms with Crippen molar-refractivity contribution < 1.29 is 4.39 Å². The van der Waals surface area contributed by atoms with Gasteiger partial charge in [-0.15, -0.1) is 11.8 Å². The maximum Gasteiger partial charge on any atom is 0.123 e. The van der Waals surface area contributed by atoms with Crippen LogP contribution in [0.3, 0.4) is 0 Å². The summed E-state index contributed by atoms with van der Waals surface area (Å²) < 4.78 is 12.9. The molecule has 19 heavy (non-hydrogen) atoms. The summed E-state index contributed by atoms with van der Waals surface area (Å²) in [6.45, 7) is 7.74. The molecule has 0 spiro atoms. The van der Waals surface area contributed by atoms with Gasteiger partial charge in [-0.3, -0.25) is 0 Å². The summed E-state index contributed by atoms with van der Waals surface area (Å²) in [5, 5.41) is 4.21. The fraction of sp³-hybridized carbons (Fsp3) is 0.625. The lowest BCUT2D eigenvalue weighted by molar-refractivity contribution is 0.454. The molecule has 2 unspecified atom stereocenters. The van der Waals surface area contributed by atoms with E-state index in [0.717, 1.165) is 24.3 Å². The van der Waals surface area contributed by atoms with Gasteiger partial charge >= 0.3 is 0 Å². The van der Waals surface area contributed by atoms with Crippen LogP contribution in [0.25, 0.3) is 0 Å². The highest BCUT2D eigenvalue weighted by atomic mass is 32.2. The van der Waals surface area contributed by atoms with Gasteiger partial charge in [-0.2, -0.15) is 0 Å². The zero-order valence-electron chi connectivity index (χ0n) is 12.3. The van der Waals surface area contributed by atoms with Crippen molar-refractivity contribution in [2.24, 2.45) is 0 Å². The van der Waals surface area contributed by atoms with Gasteiger partial charge in [-0.05, 0) is 50.1 Å². The minimum absolute atomic E-state index is 0.161. The van der Waals surface area contributed by atoms with Gasteiger partial charge in [0, 0.05) is 16.2 Å². The van der Waals surface area contributed by atoms with E-state index < -0.39 is 0 Å². The number of thioether (sulfide) groups is 1. The lowest BCUT2D eigenvalue weighted by Gasteiger charge is -2.26. The second-order valence-corrected chi connectivity index (χ2v) is 6.18. The Balaban J connectivity index is 2.64. The Morgan fingerprint density at radius 3 is 2.32 bits per heavy atom. The van der Waals surface area contributed by atoms with E-state index in [4.69, 9.17) is 0 Å². The average molecular weight is 283 g/mol. The summed E-state index contributed by atoms with van der Waals surface area (Å²) in [6.07, 6.45) is 4.69. The molecular formula is C16H26FNS. The fourth-order valence-electron chi connectivity index (χ4n) is 2.20. The summed E-state index contributed by atoms with van der Waals surface area (Å²) in [4.78, 5) is 1.16. The molecule has 0 aromatic heterocycles. The molecule has 0 heterocycles. The Morgan fingerprint density at radius 2 is 1.79 bits per heavy atom. The number of nitrogens with one attached hydrogen (secondary N) is 1. The summed E-state index contributed by atoms with van der Waals surface area (Å²) in [6, 6.07) is 7.40. The Morgan fingerprint density at radius 1 is 1.11 bits per heavy atom. The lowest BCUT2D eigenvalue weighted by Crippen LogP contribution is -2.38. The summed E-state index contributed by atoms with van der Waals surface area (Å²) >= 11 is 1.87. The topological polar surface area (TPSA) is 12.0 Å². The Kier molecular flexibility index (Phi) is 8.15. The first kappa shape index (κ1) is 16.5.